The molecule has 5 nitrogen and oxygen atoms in total. The summed E-state index contributed by atoms with van der Waals surface area (Å²) in [5, 5.41) is 6.36. The summed E-state index contributed by atoms with van der Waals surface area (Å²) in [4.78, 5) is 8.68. The minimum Gasteiger partial charge on any atom is -0.491 e. The number of hydrogen-bond donors (Lipinski definition) is 2. The van der Waals surface area contributed by atoms with E-state index in [4.69, 9.17) is 4.74 Å². The molecule has 1 aromatic carbocycles. The zero-order chi connectivity index (χ0) is 13.2. The molecule has 3 rings (SSSR count). The number of fused-ring (bicyclic) bond motifs is 1. The van der Waals surface area contributed by atoms with Crippen LogP contribution in [0.4, 0.5) is 11.8 Å². The van der Waals surface area contributed by atoms with Crippen molar-refractivity contribution in [1.82, 2.24) is 9.97 Å². The third-order valence-corrected chi connectivity index (χ3v) is 3.10. The molecule has 0 amide bonds. The molecular weight excluding hydrogens is 240 g/mol. The molecule has 0 bridgehead atoms. The summed E-state index contributed by atoms with van der Waals surface area (Å²) >= 11 is 0. The number of ether oxygens (including phenoxy) is 1. The first-order chi connectivity index (χ1) is 9.26. The fourth-order valence-corrected chi connectivity index (χ4v) is 2.21. The molecule has 0 saturated heterocycles. The van der Waals surface area contributed by atoms with Gasteiger partial charge in [-0.1, -0.05) is 18.2 Å². The van der Waals surface area contributed by atoms with Crippen LogP contribution in [0.1, 0.15) is 17.3 Å². The van der Waals surface area contributed by atoms with Crippen molar-refractivity contribution >= 4 is 11.8 Å². The molecule has 0 aliphatic carbocycles. The molecule has 19 heavy (non-hydrogen) atoms. The van der Waals surface area contributed by atoms with E-state index < -0.39 is 0 Å². The third kappa shape index (κ3) is 2.31. The topological polar surface area (TPSA) is 59.1 Å². The van der Waals surface area contributed by atoms with E-state index in [9.17, 15) is 0 Å². The minimum absolute atomic E-state index is 0.134. The average molecular weight is 256 g/mol. The molecule has 1 atom stereocenters. The molecule has 98 valence electrons. The third-order valence-electron chi connectivity index (χ3n) is 3.10. The second kappa shape index (κ2) is 4.76. The number of aryl methyl sites for hydroxylation is 1. The predicted octanol–water partition coefficient (Wildman–Crippen LogP) is 2.37. The van der Waals surface area contributed by atoms with Crippen LogP contribution in [0.25, 0.3) is 0 Å². The van der Waals surface area contributed by atoms with E-state index >= 15 is 0 Å². The van der Waals surface area contributed by atoms with Gasteiger partial charge in [-0.05, 0) is 13.0 Å². The molecule has 0 saturated carbocycles. The normalized spacial score (nSPS) is 16.6. The average Bonchev–Trinajstić information content (AvgIpc) is 2.82. The maximum Gasteiger partial charge on any atom is 0.224 e. The van der Waals surface area contributed by atoms with Gasteiger partial charge in [0.25, 0.3) is 0 Å². The second-order valence-corrected chi connectivity index (χ2v) is 4.51. The zero-order valence-corrected chi connectivity index (χ0v) is 11.0. The summed E-state index contributed by atoms with van der Waals surface area (Å²) in [6.45, 7) is 2.57. The van der Waals surface area contributed by atoms with Gasteiger partial charge >= 0.3 is 0 Å². The van der Waals surface area contributed by atoms with Gasteiger partial charge in [-0.3, -0.25) is 0 Å². The molecule has 2 N–H and O–H groups in total. The fraction of sp³-hybridized carbons (Fsp3) is 0.286. The van der Waals surface area contributed by atoms with Crippen LogP contribution in [0, 0.1) is 6.92 Å². The number of anilines is 2. The number of hydrogen-bond acceptors (Lipinski definition) is 5. The van der Waals surface area contributed by atoms with Crippen LogP contribution in [0.2, 0.25) is 0 Å². The van der Waals surface area contributed by atoms with Gasteiger partial charge in [0.15, 0.2) is 0 Å². The monoisotopic (exact) mass is 256 g/mol. The largest absolute Gasteiger partial charge is 0.491 e. The van der Waals surface area contributed by atoms with Gasteiger partial charge < -0.3 is 15.4 Å². The Hall–Kier alpha value is -2.30. The summed E-state index contributed by atoms with van der Waals surface area (Å²) in [6, 6.07) is 10.1. The van der Waals surface area contributed by atoms with Crippen molar-refractivity contribution in [3.05, 3.63) is 41.6 Å². The van der Waals surface area contributed by atoms with Crippen molar-refractivity contribution < 1.29 is 4.74 Å². The van der Waals surface area contributed by atoms with Crippen LogP contribution in [0.3, 0.4) is 0 Å². The maximum absolute atomic E-state index is 5.65. The Balaban J connectivity index is 1.85. The first kappa shape index (κ1) is 11.8. The lowest BCUT2D eigenvalue weighted by atomic mass is 10.1. The number of aromatic nitrogens is 2. The SMILES string of the molecule is CNc1nc(C)cc(NC2COc3ccccc32)n1. The summed E-state index contributed by atoms with van der Waals surface area (Å²) in [5.74, 6) is 2.37. The number of nitrogens with zero attached hydrogens (tertiary/aromatic N) is 2. The van der Waals surface area contributed by atoms with Crippen LogP contribution in [-0.2, 0) is 0 Å². The molecule has 5 heteroatoms. The van der Waals surface area contributed by atoms with Crippen molar-refractivity contribution in [2.24, 2.45) is 0 Å². The Morgan fingerprint density at radius 2 is 2.11 bits per heavy atom. The highest BCUT2D eigenvalue weighted by Gasteiger charge is 2.23. The second-order valence-electron chi connectivity index (χ2n) is 4.51. The lowest BCUT2D eigenvalue weighted by Gasteiger charge is -2.13. The van der Waals surface area contributed by atoms with Gasteiger partial charge in [0.05, 0.1) is 6.04 Å². The van der Waals surface area contributed by atoms with Gasteiger partial charge in [-0.15, -0.1) is 0 Å². The zero-order valence-electron chi connectivity index (χ0n) is 11.0. The minimum atomic E-state index is 0.134. The Morgan fingerprint density at radius 1 is 1.26 bits per heavy atom. The Kier molecular flexibility index (Phi) is 2.95. The Labute approximate surface area is 112 Å². The van der Waals surface area contributed by atoms with E-state index in [-0.39, 0.29) is 6.04 Å². The first-order valence-corrected chi connectivity index (χ1v) is 6.28. The van der Waals surface area contributed by atoms with E-state index in [1.54, 1.807) is 0 Å². The molecule has 1 aromatic heterocycles. The van der Waals surface area contributed by atoms with Gasteiger partial charge in [0.2, 0.25) is 5.95 Å². The number of nitrogens with one attached hydrogen (secondary N) is 2. The smallest absolute Gasteiger partial charge is 0.224 e. The highest BCUT2D eigenvalue weighted by Crippen LogP contribution is 2.33. The summed E-state index contributed by atoms with van der Waals surface area (Å²) < 4.78 is 5.65. The maximum atomic E-state index is 5.65. The highest BCUT2D eigenvalue weighted by atomic mass is 16.5. The first-order valence-electron chi connectivity index (χ1n) is 6.28. The van der Waals surface area contributed by atoms with Crippen LogP contribution in [-0.4, -0.2) is 23.6 Å². The highest BCUT2D eigenvalue weighted by molar-refractivity contribution is 5.48. The molecule has 0 fully saturated rings. The molecular formula is C14H16N4O. The van der Waals surface area contributed by atoms with E-state index in [1.807, 2.05) is 38.2 Å². The summed E-state index contributed by atoms with van der Waals surface area (Å²) in [6.07, 6.45) is 0. The van der Waals surface area contributed by atoms with Crippen LogP contribution >= 0.6 is 0 Å². The molecule has 0 radical (unpaired) electrons. The Morgan fingerprint density at radius 3 is 2.95 bits per heavy atom. The summed E-state index contributed by atoms with van der Waals surface area (Å²) in [7, 11) is 1.81. The molecule has 2 heterocycles. The van der Waals surface area contributed by atoms with Crippen LogP contribution in [0.5, 0.6) is 5.75 Å². The number of para-hydroxylation sites is 1. The molecule has 0 spiro atoms. The van der Waals surface area contributed by atoms with Crippen LogP contribution < -0.4 is 15.4 Å². The predicted molar refractivity (Wildman–Crippen MR) is 74.6 cm³/mol. The van der Waals surface area contributed by atoms with E-state index in [0.29, 0.717) is 12.6 Å². The molecule has 2 aromatic rings. The quantitative estimate of drug-likeness (QED) is 0.883. The van der Waals surface area contributed by atoms with E-state index in [2.05, 4.69) is 26.7 Å². The Bertz CT molecular complexity index is 600. The van der Waals surface area contributed by atoms with Gasteiger partial charge in [-0.2, -0.15) is 4.98 Å². The van der Waals surface area contributed by atoms with Crippen molar-refractivity contribution in [3.63, 3.8) is 0 Å². The lowest BCUT2D eigenvalue weighted by Crippen LogP contribution is -2.14. The number of benzene rings is 1. The van der Waals surface area contributed by atoms with Gasteiger partial charge in [-0.25, -0.2) is 4.98 Å². The van der Waals surface area contributed by atoms with Gasteiger partial charge in [0.1, 0.15) is 18.2 Å². The fourth-order valence-electron chi connectivity index (χ4n) is 2.21. The summed E-state index contributed by atoms with van der Waals surface area (Å²) in [5.41, 5.74) is 2.10. The van der Waals surface area contributed by atoms with Crippen molar-refractivity contribution in [2.45, 2.75) is 13.0 Å². The van der Waals surface area contributed by atoms with Gasteiger partial charge in [0, 0.05) is 24.4 Å². The van der Waals surface area contributed by atoms with Crippen LogP contribution in [0.15, 0.2) is 30.3 Å². The van der Waals surface area contributed by atoms with Crippen molar-refractivity contribution in [1.29, 1.82) is 0 Å². The van der Waals surface area contributed by atoms with E-state index in [0.717, 1.165) is 17.3 Å². The van der Waals surface area contributed by atoms with Crippen molar-refractivity contribution in [3.8, 4) is 5.75 Å². The lowest BCUT2D eigenvalue weighted by molar-refractivity contribution is 0.339. The standard InChI is InChI=1S/C14H16N4O/c1-9-7-13(18-14(15-2)16-9)17-11-8-19-12-6-4-3-5-10(11)12/h3-7,11H,8H2,1-2H3,(H2,15,16,17,18). The molecule has 1 aliphatic heterocycles. The van der Waals surface area contributed by atoms with Crippen molar-refractivity contribution in [2.75, 3.05) is 24.3 Å². The molecule has 1 unspecified atom stereocenters. The number of rotatable bonds is 3. The molecule has 1 aliphatic rings. The van der Waals surface area contributed by atoms with E-state index in [1.165, 1.54) is 5.56 Å².